The third kappa shape index (κ3) is 5.79. The van der Waals surface area contributed by atoms with Crippen LogP contribution in [0.4, 0.5) is 18.9 Å². The van der Waals surface area contributed by atoms with Crippen molar-refractivity contribution in [3.8, 4) is 0 Å². The lowest BCUT2D eigenvalue weighted by atomic mass is 10.1. The summed E-state index contributed by atoms with van der Waals surface area (Å²) in [5.41, 5.74) is 7.73. The van der Waals surface area contributed by atoms with E-state index in [1.165, 1.54) is 12.1 Å². The monoisotopic (exact) mass is 351 g/mol. The van der Waals surface area contributed by atoms with Crippen LogP contribution in [0.25, 0.3) is 0 Å². The summed E-state index contributed by atoms with van der Waals surface area (Å²) in [6, 6.07) is 12.6. The molecule has 4 nitrogen and oxygen atoms in total. The van der Waals surface area contributed by atoms with Crippen LogP contribution in [0, 0.1) is 0 Å². The first-order chi connectivity index (χ1) is 11.9. The number of methoxy groups -OCH3 is 1. The van der Waals surface area contributed by atoms with Gasteiger partial charge in [-0.25, -0.2) is 0 Å². The Hall–Kier alpha value is -2.54. The fraction of sp³-hybridized carbons (Fsp3) is 0.278. The van der Waals surface area contributed by atoms with Crippen molar-refractivity contribution < 1.29 is 17.9 Å². The number of aliphatic imine (C=N–C) groups is 1. The van der Waals surface area contributed by atoms with E-state index >= 15 is 0 Å². The SMILES string of the molecule is COCc1ccccc1NC(N)=NCCc1ccc(C(F)(F)F)cc1. The third-order valence-electron chi connectivity index (χ3n) is 3.54. The molecule has 0 saturated heterocycles. The number of benzene rings is 2. The number of ether oxygens (including phenoxy) is 1. The van der Waals surface area contributed by atoms with Crippen molar-refractivity contribution in [3.05, 3.63) is 65.2 Å². The van der Waals surface area contributed by atoms with Gasteiger partial charge in [-0.05, 0) is 30.2 Å². The first-order valence-corrected chi connectivity index (χ1v) is 7.70. The molecule has 0 aromatic heterocycles. The zero-order chi connectivity index (χ0) is 18.3. The molecule has 0 amide bonds. The molecular weight excluding hydrogens is 331 g/mol. The van der Waals surface area contributed by atoms with E-state index in [4.69, 9.17) is 10.5 Å². The molecule has 25 heavy (non-hydrogen) atoms. The Morgan fingerprint density at radius 3 is 2.44 bits per heavy atom. The number of para-hydroxylation sites is 1. The highest BCUT2D eigenvalue weighted by Crippen LogP contribution is 2.29. The Morgan fingerprint density at radius 2 is 1.80 bits per heavy atom. The predicted molar refractivity (Wildman–Crippen MR) is 92.4 cm³/mol. The van der Waals surface area contributed by atoms with Crippen molar-refractivity contribution in [2.24, 2.45) is 10.7 Å². The number of guanidine groups is 1. The minimum Gasteiger partial charge on any atom is -0.380 e. The second-order valence-corrected chi connectivity index (χ2v) is 5.43. The smallest absolute Gasteiger partial charge is 0.380 e. The summed E-state index contributed by atoms with van der Waals surface area (Å²) in [6.07, 6.45) is -3.82. The lowest BCUT2D eigenvalue weighted by Crippen LogP contribution is -2.23. The van der Waals surface area contributed by atoms with Crippen LogP contribution < -0.4 is 11.1 Å². The van der Waals surface area contributed by atoms with Crippen molar-refractivity contribution >= 4 is 11.6 Å². The summed E-state index contributed by atoms with van der Waals surface area (Å²) >= 11 is 0. The minimum absolute atomic E-state index is 0.246. The van der Waals surface area contributed by atoms with Crippen LogP contribution in [0.15, 0.2) is 53.5 Å². The number of nitrogens with two attached hydrogens (primary N) is 1. The van der Waals surface area contributed by atoms with Crippen LogP contribution in [0.2, 0.25) is 0 Å². The molecule has 0 atom stereocenters. The van der Waals surface area contributed by atoms with Gasteiger partial charge in [0.15, 0.2) is 5.96 Å². The highest BCUT2D eigenvalue weighted by atomic mass is 19.4. The Kier molecular flexibility index (Phi) is 6.41. The average molecular weight is 351 g/mol. The summed E-state index contributed by atoms with van der Waals surface area (Å²) < 4.78 is 42.7. The van der Waals surface area contributed by atoms with Crippen LogP contribution >= 0.6 is 0 Å². The second kappa shape index (κ2) is 8.53. The van der Waals surface area contributed by atoms with Gasteiger partial charge < -0.3 is 15.8 Å². The summed E-state index contributed by atoms with van der Waals surface area (Å²) in [6.45, 7) is 0.818. The van der Waals surface area contributed by atoms with E-state index in [0.29, 0.717) is 19.6 Å². The van der Waals surface area contributed by atoms with Crippen molar-refractivity contribution in [3.63, 3.8) is 0 Å². The Morgan fingerprint density at radius 1 is 1.12 bits per heavy atom. The maximum atomic E-state index is 12.5. The van der Waals surface area contributed by atoms with Gasteiger partial charge in [0.2, 0.25) is 0 Å². The molecule has 0 fully saturated rings. The Labute approximate surface area is 144 Å². The van der Waals surface area contributed by atoms with E-state index in [-0.39, 0.29) is 5.96 Å². The molecule has 7 heteroatoms. The van der Waals surface area contributed by atoms with E-state index in [1.54, 1.807) is 7.11 Å². The number of nitrogens with zero attached hydrogens (tertiary/aromatic N) is 1. The van der Waals surface area contributed by atoms with E-state index in [0.717, 1.165) is 28.9 Å². The molecule has 2 aromatic rings. The molecule has 0 saturated carbocycles. The standard InChI is InChI=1S/C18H20F3N3O/c1-25-12-14-4-2-3-5-16(14)24-17(22)23-11-10-13-6-8-15(9-7-13)18(19,20)21/h2-9H,10-12H2,1H3,(H3,22,23,24). The van der Waals surface area contributed by atoms with Gasteiger partial charge in [0.05, 0.1) is 12.2 Å². The molecule has 0 bridgehead atoms. The summed E-state index contributed by atoms with van der Waals surface area (Å²) in [5.74, 6) is 0.246. The van der Waals surface area contributed by atoms with Gasteiger partial charge in [-0.2, -0.15) is 13.2 Å². The first-order valence-electron chi connectivity index (χ1n) is 7.70. The van der Waals surface area contributed by atoms with Crippen molar-refractivity contribution in [1.29, 1.82) is 0 Å². The van der Waals surface area contributed by atoms with Crippen LogP contribution in [0.1, 0.15) is 16.7 Å². The zero-order valence-corrected chi connectivity index (χ0v) is 13.8. The quantitative estimate of drug-likeness (QED) is 0.614. The van der Waals surface area contributed by atoms with Gasteiger partial charge in [-0.3, -0.25) is 4.99 Å². The lowest BCUT2D eigenvalue weighted by Gasteiger charge is -2.11. The highest BCUT2D eigenvalue weighted by Gasteiger charge is 2.29. The second-order valence-electron chi connectivity index (χ2n) is 5.43. The van der Waals surface area contributed by atoms with Gasteiger partial charge >= 0.3 is 6.18 Å². The van der Waals surface area contributed by atoms with Gasteiger partial charge in [0, 0.05) is 24.9 Å². The van der Waals surface area contributed by atoms with Crippen molar-refractivity contribution in [2.45, 2.75) is 19.2 Å². The normalized spacial score (nSPS) is 12.2. The molecule has 0 radical (unpaired) electrons. The van der Waals surface area contributed by atoms with Crippen molar-refractivity contribution in [1.82, 2.24) is 0 Å². The predicted octanol–water partition coefficient (Wildman–Crippen LogP) is 3.82. The molecule has 0 aliphatic rings. The molecule has 0 unspecified atom stereocenters. The van der Waals surface area contributed by atoms with E-state index in [1.807, 2.05) is 24.3 Å². The van der Waals surface area contributed by atoms with E-state index < -0.39 is 11.7 Å². The van der Waals surface area contributed by atoms with E-state index in [2.05, 4.69) is 10.3 Å². The summed E-state index contributed by atoms with van der Waals surface area (Å²) in [4.78, 5) is 4.21. The summed E-state index contributed by atoms with van der Waals surface area (Å²) in [5, 5.41) is 3.01. The fourth-order valence-electron chi connectivity index (χ4n) is 2.27. The van der Waals surface area contributed by atoms with E-state index in [9.17, 15) is 13.2 Å². The Bertz CT molecular complexity index is 712. The molecule has 2 aromatic carbocycles. The van der Waals surface area contributed by atoms with Gasteiger partial charge in [0.1, 0.15) is 0 Å². The largest absolute Gasteiger partial charge is 0.416 e. The van der Waals surface area contributed by atoms with Crippen LogP contribution in [-0.2, 0) is 23.9 Å². The number of anilines is 1. The van der Waals surface area contributed by atoms with Crippen LogP contribution in [0.5, 0.6) is 0 Å². The number of nitrogens with one attached hydrogen (secondary N) is 1. The number of halogens is 3. The molecule has 3 N–H and O–H groups in total. The molecule has 0 heterocycles. The first kappa shape index (κ1) is 18.8. The molecule has 2 rings (SSSR count). The molecule has 0 spiro atoms. The van der Waals surface area contributed by atoms with Crippen LogP contribution in [-0.4, -0.2) is 19.6 Å². The molecule has 0 aliphatic carbocycles. The number of alkyl halides is 3. The Balaban J connectivity index is 1.91. The molecule has 134 valence electrons. The number of hydrogen-bond acceptors (Lipinski definition) is 2. The number of hydrogen-bond donors (Lipinski definition) is 2. The fourth-order valence-corrected chi connectivity index (χ4v) is 2.27. The lowest BCUT2D eigenvalue weighted by molar-refractivity contribution is -0.137. The third-order valence-corrected chi connectivity index (χ3v) is 3.54. The van der Waals surface area contributed by atoms with Crippen molar-refractivity contribution in [2.75, 3.05) is 19.0 Å². The highest BCUT2D eigenvalue weighted by molar-refractivity contribution is 5.92. The maximum Gasteiger partial charge on any atom is 0.416 e. The van der Waals surface area contributed by atoms with Gasteiger partial charge in [0.25, 0.3) is 0 Å². The average Bonchev–Trinajstić information content (AvgIpc) is 2.56. The zero-order valence-electron chi connectivity index (χ0n) is 13.8. The molecular formula is C18H20F3N3O. The van der Waals surface area contributed by atoms with Crippen LogP contribution in [0.3, 0.4) is 0 Å². The van der Waals surface area contributed by atoms with Gasteiger partial charge in [-0.1, -0.05) is 30.3 Å². The topological polar surface area (TPSA) is 59.6 Å². The molecule has 0 aliphatic heterocycles. The van der Waals surface area contributed by atoms with Gasteiger partial charge in [-0.15, -0.1) is 0 Å². The number of rotatable bonds is 6. The summed E-state index contributed by atoms with van der Waals surface area (Å²) in [7, 11) is 1.61. The maximum absolute atomic E-state index is 12.5. The minimum atomic E-state index is -4.32.